The van der Waals surface area contributed by atoms with Crippen molar-refractivity contribution in [1.82, 2.24) is 4.98 Å². The number of aliphatic hydroxyl groups is 1. The summed E-state index contributed by atoms with van der Waals surface area (Å²) in [5, 5.41) is 9.26. The van der Waals surface area contributed by atoms with Gasteiger partial charge < -0.3 is 14.7 Å². The van der Waals surface area contributed by atoms with Gasteiger partial charge in [-0.2, -0.15) is 13.2 Å². The van der Waals surface area contributed by atoms with Crippen molar-refractivity contribution >= 4 is 21.6 Å². The average molecular weight is 431 g/mol. The lowest BCUT2D eigenvalue weighted by molar-refractivity contribution is -0.137. The van der Waals surface area contributed by atoms with Gasteiger partial charge in [0.15, 0.2) is 0 Å². The van der Waals surface area contributed by atoms with Gasteiger partial charge in [0, 0.05) is 42.0 Å². The van der Waals surface area contributed by atoms with Crippen molar-refractivity contribution < 1.29 is 23.0 Å². The fourth-order valence-corrected chi connectivity index (χ4v) is 3.42. The zero-order chi connectivity index (χ0) is 18.7. The van der Waals surface area contributed by atoms with E-state index in [1.54, 1.807) is 0 Å². The third-order valence-corrected chi connectivity index (χ3v) is 4.75. The number of anilines is 1. The molecule has 2 aromatic rings. The Bertz CT molecular complexity index is 753. The number of rotatable bonds is 5. The number of pyridine rings is 1. The van der Waals surface area contributed by atoms with Gasteiger partial charge in [0.05, 0.1) is 12.1 Å². The zero-order valence-corrected chi connectivity index (χ0v) is 15.4. The summed E-state index contributed by atoms with van der Waals surface area (Å²) in [5.74, 6) is 0.191. The first-order valence-corrected chi connectivity index (χ1v) is 9.00. The maximum atomic E-state index is 12.6. The number of halogens is 4. The number of alkyl halides is 3. The summed E-state index contributed by atoms with van der Waals surface area (Å²) in [7, 11) is 0. The molecule has 0 radical (unpaired) electrons. The van der Waals surface area contributed by atoms with Crippen molar-refractivity contribution in [3.8, 4) is 5.88 Å². The van der Waals surface area contributed by atoms with E-state index in [-0.39, 0.29) is 18.6 Å². The molecule has 0 saturated carbocycles. The minimum atomic E-state index is -4.40. The van der Waals surface area contributed by atoms with E-state index in [1.165, 1.54) is 6.07 Å². The molecule has 1 aliphatic rings. The third kappa shape index (κ3) is 4.48. The summed E-state index contributed by atoms with van der Waals surface area (Å²) in [4.78, 5) is 5.92. The molecule has 8 heteroatoms. The Morgan fingerprint density at radius 1 is 1.27 bits per heavy atom. The number of aromatic nitrogens is 1. The average Bonchev–Trinajstić information content (AvgIpc) is 3.03. The highest BCUT2D eigenvalue weighted by molar-refractivity contribution is 9.10. The van der Waals surface area contributed by atoms with Crippen LogP contribution in [0.5, 0.6) is 5.88 Å². The molecule has 1 atom stereocenters. The van der Waals surface area contributed by atoms with Gasteiger partial charge in [-0.15, -0.1) is 0 Å². The highest BCUT2D eigenvalue weighted by Gasteiger charge is 2.31. The maximum Gasteiger partial charge on any atom is 0.417 e. The van der Waals surface area contributed by atoms with Crippen LogP contribution in [0.25, 0.3) is 0 Å². The van der Waals surface area contributed by atoms with Crippen molar-refractivity contribution in [3.63, 3.8) is 0 Å². The maximum absolute atomic E-state index is 12.6. The standard InChI is InChI=1S/C18H18BrF3N2O2/c19-14-2-3-16(12(9-14)6-8-25)24-7-5-15(11-24)26-17-4-1-13(10-23-17)18(20,21)22/h1-4,9-10,15,25H,5-8,11H2/t15-/m0/s1. The van der Waals surface area contributed by atoms with Crippen LogP contribution in [0.4, 0.5) is 18.9 Å². The molecule has 0 spiro atoms. The molecular formula is C18H18BrF3N2O2. The summed E-state index contributed by atoms with van der Waals surface area (Å²) in [6.07, 6.45) is -2.46. The van der Waals surface area contributed by atoms with E-state index in [0.717, 1.165) is 41.0 Å². The van der Waals surface area contributed by atoms with Crippen LogP contribution in [0.15, 0.2) is 41.0 Å². The Labute approximate surface area is 157 Å². The topological polar surface area (TPSA) is 45.6 Å². The Morgan fingerprint density at radius 2 is 2.08 bits per heavy atom. The number of benzene rings is 1. The molecule has 3 rings (SSSR count). The van der Waals surface area contributed by atoms with Crippen molar-refractivity contribution in [2.75, 3.05) is 24.6 Å². The van der Waals surface area contributed by atoms with E-state index >= 15 is 0 Å². The molecule has 0 bridgehead atoms. The van der Waals surface area contributed by atoms with Crippen LogP contribution >= 0.6 is 15.9 Å². The van der Waals surface area contributed by atoms with Gasteiger partial charge in [-0.25, -0.2) is 4.98 Å². The van der Waals surface area contributed by atoms with Gasteiger partial charge in [0.25, 0.3) is 0 Å². The second-order valence-electron chi connectivity index (χ2n) is 6.10. The fraction of sp³-hybridized carbons (Fsp3) is 0.389. The molecule has 1 N–H and O–H groups in total. The van der Waals surface area contributed by atoms with Crippen molar-refractivity contribution in [2.45, 2.75) is 25.1 Å². The third-order valence-electron chi connectivity index (χ3n) is 4.26. The lowest BCUT2D eigenvalue weighted by Crippen LogP contribution is -2.25. The van der Waals surface area contributed by atoms with Gasteiger partial charge in [0.2, 0.25) is 5.88 Å². The Kier molecular flexibility index (Phi) is 5.72. The zero-order valence-electron chi connectivity index (χ0n) is 13.8. The molecular weight excluding hydrogens is 413 g/mol. The normalized spacial score (nSPS) is 17.6. The van der Waals surface area contributed by atoms with Crippen LogP contribution in [0, 0.1) is 0 Å². The van der Waals surface area contributed by atoms with E-state index in [0.29, 0.717) is 13.0 Å². The molecule has 1 aromatic carbocycles. The Morgan fingerprint density at radius 3 is 2.73 bits per heavy atom. The Balaban J connectivity index is 1.66. The lowest BCUT2D eigenvalue weighted by atomic mass is 10.1. The fourth-order valence-electron chi connectivity index (χ4n) is 3.01. The summed E-state index contributed by atoms with van der Waals surface area (Å²) in [6.45, 7) is 1.45. The molecule has 140 valence electrons. The van der Waals surface area contributed by atoms with Crippen LogP contribution in [0.2, 0.25) is 0 Å². The van der Waals surface area contributed by atoms with E-state index in [2.05, 4.69) is 25.8 Å². The van der Waals surface area contributed by atoms with E-state index in [9.17, 15) is 18.3 Å². The van der Waals surface area contributed by atoms with Gasteiger partial charge in [-0.05, 0) is 36.2 Å². The monoisotopic (exact) mass is 430 g/mol. The minimum absolute atomic E-state index is 0.0622. The molecule has 4 nitrogen and oxygen atoms in total. The second kappa shape index (κ2) is 7.84. The van der Waals surface area contributed by atoms with Crippen molar-refractivity contribution in [3.05, 3.63) is 52.1 Å². The molecule has 2 heterocycles. The van der Waals surface area contributed by atoms with E-state index < -0.39 is 11.7 Å². The van der Waals surface area contributed by atoms with Gasteiger partial charge >= 0.3 is 6.18 Å². The number of hydrogen-bond donors (Lipinski definition) is 1. The first-order chi connectivity index (χ1) is 12.4. The van der Waals surface area contributed by atoms with Crippen LogP contribution in [0.3, 0.4) is 0 Å². The van der Waals surface area contributed by atoms with Crippen LogP contribution < -0.4 is 9.64 Å². The molecule has 0 unspecified atom stereocenters. The smallest absolute Gasteiger partial charge is 0.417 e. The predicted molar refractivity (Wildman–Crippen MR) is 95.4 cm³/mol. The Hall–Kier alpha value is -1.80. The molecule has 0 aliphatic carbocycles. The van der Waals surface area contributed by atoms with E-state index in [4.69, 9.17) is 4.74 Å². The lowest BCUT2D eigenvalue weighted by Gasteiger charge is -2.22. The summed E-state index contributed by atoms with van der Waals surface area (Å²) < 4.78 is 44.4. The first-order valence-electron chi connectivity index (χ1n) is 8.21. The summed E-state index contributed by atoms with van der Waals surface area (Å²) in [5.41, 5.74) is 1.28. The molecule has 1 aliphatic heterocycles. The molecule has 1 fully saturated rings. The largest absolute Gasteiger partial charge is 0.472 e. The SMILES string of the molecule is OCCc1cc(Br)ccc1N1CC[C@H](Oc2ccc(C(F)(F)F)cn2)C1. The number of aliphatic hydroxyl groups excluding tert-OH is 1. The van der Waals surface area contributed by atoms with Crippen LogP contribution in [-0.2, 0) is 12.6 Å². The quantitative estimate of drug-likeness (QED) is 0.776. The summed E-state index contributed by atoms with van der Waals surface area (Å²) in [6, 6.07) is 8.15. The van der Waals surface area contributed by atoms with Crippen LogP contribution in [-0.4, -0.2) is 35.9 Å². The van der Waals surface area contributed by atoms with Gasteiger partial charge in [-0.3, -0.25) is 0 Å². The first kappa shape index (κ1) is 19.0. The molecule has 0 amide bonds. The summed E-state index contributed by atoms with van der Waals surface area (Å²) >= 11 is 3.44. The van der Waals surface area contributed by atoms with E-state index in [1.807, 2.05) is 18.2 Å². The molecule has 26 heavy (non-hydrogen) atoms. The predicted octanol–water partition coefficient (Wildman–Crippen LogP) is 4.06. The van der Waals surface area contributed by atoms with Crippen LogP contribution in [0.1, 0.15) is 17.5 Å². The molecule has 1 saturated heterocycles. The molecule has 1 aromatic heterocycles. The highest BCUT2D eigenvalue weighted by Crippen LogP contribution is 2.31. The van der Waals surface area contributed by atoms with Crippen molar-refractivity contribution in [1.29, 1.82) is 0 Å². The van der Waals surface area contributed by atoms with Crippen molar-refractivity contribution in [2.24, 2.45) is 0 Å². The highest BCUT2D eigenvalue weighted by atomic mass is 79.9. The number of hydrogen-bond acceptors (Lipinski definition) is 4. The number of nitrogens with zero attached hydrogens (tertiary/aromatic N) is 2. The minimum Gasteiger partial charge on any atom is -0.472 e. The second-order valence-corrected chi connectivity index (χ2v) is 7.02. The van der Waals surface area contributed by atoms with Gasteiger partial charge in [-0.1, -0.05) is 15.9 Å². The van der Waals surface area contributed by atoms with Gasteiger partial charge in [0.1, 0.15) is 6.10 Å². The number of ether oxygens (including phenoxy) is 1.